The van der Waals surface area contributed by atoms with Gasteiger partial charge >= 0.3 is 6.18 Å². The first-order chi connectivity index (χ1) is 11.4. The Balaban J connectivity index is 1.52. The molecule has 1 aromatic heterocycles. The van der Waals surface area contributed by atoms with Gasteiger partial charge in [-0.25, -0.2) is 0 Å². The Labute approximate surface area is 136 Å². The molecule has 0 spiro atoms. The topological polar surface area (TPSA) is 58.1 Å². The molecule has 0 radical (unpaired) electrons. The highest BCUT2D eigenvalue weighted by molar-refractivity contribution is 5.80. The van der Waals surface area contributed by atoms with Gasteiger partial charge in [0.15, 0.2) is 0 Å². The van der Waals surface area contributed by atoms with E-state index in [0.29, 0.717) is 24.5 Å². The number of halogens is 3. The average Bonchev–Trinajstić information content (AvgIpc) is 2.51. The molecule has 1 amide bonds. The fourth-order valence-corrected chi connectivity index (χ4v) is 2.51. The maximum atomic E-state index is 12.7. The predicted octanol–water partition coefficient (Wildman–Crippen LogP) is 2.36. The standard InChI is InChI=1S/C16H15F3N4O/c17-16(18,19)12-4-1-3-11(7-12)8-15(24)23-9-13(10-23)21-14-5-2-6-20-22-14/h1-7,13H,8-10H2,(H,21,22). The van der Waals surface area contributed by atoms with Gasteiger partial charge in [-0.05, 0) is 23.8 Å². The molecular weight excluding hydrogens is 321 g/mol. The normalized spacial score (nSPS) is 15.0. The molecule has 0 atom stereocenters. The van der Waals surface area contributed by atoms with Gasteiger partial charge in [0.2, 0.25) is 5.91 Å². The lowest BCUT2D eigenvalue weighted by Gasteiger charge is -2.39. The van der Waals surface area contributed by atoms with Gasteiger partial charge in [-0.1, -0.05) is 18.2 Å². The molecule has 0 aliphatic carbocycles. The van der Waals surface area contributed by atoms with Gasteiger partial charge in [0.1, 0.15) is 5.82 Å². The van der Waals surface area contributed by atoms with Crippen LogP contribution in [0.2, 0.25) is 0 Å². The molecule has 2 aromatic rings. The Kier molecular flexibility index (Phi) is 4.37. The third-order valence-electron chi connectivity index (χ3n) is 3.77. The van der Waals surface area contributed by atoms with Crippen LogP contribution in [0.5, 0.6) is 0 Å². The number of aromatic nitrogens is 2. The second kappa shape index (κ2) is 6.46. The first-order valence-corrected chi connectivity index (χ1v) is 7.40. The lowest BCUT2D eigenvalue weighted by molar-refractivity contribution is -0.138. The highest BCUT2D eigenvalue weighted by Gasteiger charge is 2.32. The maximum Gasteiger partial charge on any atom is 0.416 e. The molecule has 8 heteroatoms. The van der Waals surface area contributed by atoms with Crippen molar-refractivity contribution >= 4 is 11.7 Å². The summed E-state index contributed by atoms with van der Waals surface area (Å²) in [7, 11) is 0. The predicted molar refractivity (Wildman–Crippen MR) is 81.2 cm³/mol. The second-order valence-electron chi connectivity index (χ2n) is 5.62. The summed E-state index contributed by atoms with van der Waals surface area (Å²) < 4.78 is 38.1. The van der Waals surface area contributed by atoms with Crippen LogP contribution in [0.25, 0.3) is 0 Å². The van der Waals surface area contributed by atoms with E-state index in [4.69, 9.17) is 0 Å². The summed E-state index contributed by atoms with van der Waals surface area (Å²) >= 11 is 0. The van der Waals surface area contributed by atoms with Gasteiger partial charge < -0.3 is 10.2 Å². The fourth-order valence-electron chi connectivity index (χ4n) is 2.51. The number of likely N-dealkylation sites (tertiary alicyclic amines) is 1. The minimum atomic E-state index is -4.40. The summed E-state index contributed by atoms with van der Waals surface area (Å²) in [5.41, 5.74) is -0.376. The molecule has 24 heavy (non-hydrogen) atoms. The Hall–Kier alpha value is -2.64. The molecule has 0 unspecified atom stereocenters. The van der Waals surface area contributed by atoms with Crippen LogP contribution in [-0.4, -0.2) is 40.1 Å². The van der Waals surface area contributed by atoms with E-state index in [1.807, 2.05) is 0 Å². The summed E-state index contributed by atoms with van der Waals surface area (Å²) in [4.78, 5) is 13.7. The fraction of sp³-hybridized carbons (Fsp3) is 0.312. The van der Waals surface area contributed by atoms with Crippen LogP contribution in [-0.2, 0) is 17.4 Å². The highest BCUT2D eigenvalue weighted by atomic mass is 19.4. The second-order valence-corrected chi connectivity index (χ2v) is 5.62. The molecule has 1 fully saturated rings. The lowest BCUT2D eigenvalue weighted by atomic mass is 10.0. The van der Waals surface area contributed by atoms with Crippen molar-refractivity contribution in [3.8, 4) is 0 Å². The third-order valence-corrected chi connectivity index (χ3v) is 3.77. The Morgan fingerprint density at radius 2 is 2.04 bits per heavy atom. The minimum Gasteiger partial charge on any atom is -0.362 e. The van der Waals surface area contributed by atoms with Crippen LogP contribution in [0.15, 0.2) is 42.6 Å². The Bertz CT molecular complexity index is 715. The van der Waals surface area contributed by atoms with Crippen molar-refractivity contribution in [3.63, 3.8) is 0 Å². The molecule has 5 nitrogen and oxygen atoms in total. The van der Waals surface area contributed by atoms with Crippen molar-refractivity contribution in [2.75, 3.05) is 18.4 Å². The Morgan fingerprint density at radius 1 is 1.25 bits per heavy atom. The van der Waals surface area contributed by atoms with E-state index in [9.17, 15) is 18.0 Å². The molecular formula is C16H15F3N4O. The number of benzene rings is 1. The quantitative estimate of drug-likeness (QED) is 0.931. The molecule has 3 rings (SSSR count). The van der Waals surface area contributed by atoms with Crippen molar-refractivity contribution < 1.29 is 18.0 Å². The molecule has 0 saturated carbocycles. The summed E-state index contributed by atoms with van der Waals surface area (Å²) in [5, 5.41) is 10.8. The molecule has 1 N–H and O–H groups in total. The molecule has 2 heterocycles. The van der Waals surface area contributed by atoms with Crippen molar-refractivity contribution in [2.24, 2.45) is 0 Å². The average molecular weight is 336 g/mol. The third kappa shape index (κ3) is 3.81. The van der Waals surface area contributed by atoms with Gasteiger partial charge in [0.05, 0.1) is 18.0 Å². The first kappa shape index (κ1) is 16.2. The van der Waals surface area contributed by atoms with Crippen molar-refractivity contribution in [1.29, 1.82) is 0 Å². The van der Waals surface area contributed by atoms with Crippen LogP contribution in [0.3, 0.4) is 0 Å². The molecule has 1 aliphatic heterocycles. The smallest absolute Gasteiger partial charge is 0.362 e. The molecule has 1 aromatic carbocycles. The van der Waals surface area contributed by atoms with E-state index < -0.39 is 11.7 Å². The van der Waals surface area contributed by atoms with Crippen LogP contribution in [0.4, 0.5) is 19.0 Å². The van der Waals surface area contributed by atoms with Crippen LogP contribution in [0.1, 0.15) is 11.1 Å². The van der Waals surface area contributed by atoms with E-state index in [1.54, 1.807) is 23.2 Å². The van der Waals surface area contributed by atoms with Crippen LogP contribution in [0, 0.1) is 0 Å². The molecule has 1 saturated heterocycles. The monoisotopic (exact) mass is 336 g/mol. The number of carbonyl (C=O) groups excluding carboxylic acids is 1. The largest absolute Gasteiger partial charge is 0.416 e. The summed E-state index contributed by atoms with van der Waals surface area (Å²) in [6, 6.07) is 8.48. The molecule has 1 aliphatic rings. The summed E-state index contributed by atoms with van der Waals surface area (Å²) in [5.74, 6) is 0.444. The number of nitrogens with zero attached hydrogens (tertiary/aromatic N) is 3. The zero-order chi connectivity index (χ0) is 17.2. The number of rotatable bonds is 4. The summed E-state index contributed by atoms with van der Waals surface area (Å²) in [6.07, 6.45) is -2.87. The number of anilines is 1. The number of hydrogen-bond donors (Lipinski definition) is 1. The Morgan fingerprint density at radius 3 is 2.71 bits per heavy atom. The zero-order valence-electron chi connectivity index (χ0n) is 12.6. The van der Waals surface area contributed by atoms with Crippen molar-refractivity contribution in [3.05, 3.63) is 53.7 Å². The van der Waals surface area contributed by atoms with E-state index in [1.165, 1.54) is 12.1 Å². The van der Waals surface area contributed by atoms with Crippen molar-refractivity contribution in [1.82, 2.24) is 15.1 Å². The van der Waals surface area contributed by atoms with Gasteiger partial charge in [0, 0.05) is 19.3 Å². The number of carbonyl (C=O) groups is 1. The van der Waals surface area contributed by atoms with E-state index in [2.05, 4.69) is 15.5 Å². The van der Waals surface area contributed by atoms with E-state index in [0.717, 1.165) is 12.1 Å². The first-order valence-electron chi connectivity index (χ1n) is 7.40. The number of nitrogens with one attached hydrogen (secondary N) is 1. The van der Waals surface area contributed by atoms with Crippen LogP contribution >= 0.6 is 0 Å². The highest BCUT2D eigenvalue weighted by Crippen LogP contribution is 2.29. The van der Waals surface area contributed by atoms with Crippen LogP contribution < -0.4 is 5.32 Å². The van der Waals surface area contributed by atoms with E-state index >= 15 is 0 Å². The van der Waals surface area contributed by atoms with Gasteiger partial charge in [-0.3, -0.25) is 4.79 Å². The minimum absolute atomic E-state index is 0.0399. The van der Waals surface area contributed by atoms with Gasteiger partial charge in [0.25, 0.3) is 0 Å². The lowest BCUT2D eigenvalue weighted by Crippen LogP contribution is -2.57. The van der Waals surface area contributed by atoms with Crippen molar-refractivity contribution in [2.45, 2.75) is 18.6 Å². The maximum absolute atomic E-state index is 12.7. The molecule has 0 bridgehead atoms. The molecule has 126 valence electrons. The SMILES string of the molecule is O=C(Cc1cccc(C(F)(F)F)c1)N1CC(Nc2cccnn2)C1. The number of amides is 1. The van der Waals surface area contributed by atoms with Gasteiger partial charge in [-0.2, -0.15) is 18.3 Å². The number of alkyl halides is 3. The number of hydrogen-bond acceptors (Lipinski definition) is 4. The summed E-state index contributed by atoms with van der Waals surface area (Å²) in [6.45, 7) is 0.989. The zero-order valence-corrected chi connectivity index (χ0v) is 12.6. The van der Waals surface area contributed by atoms with Gasteiger partial charge in [-0.15, -0.1) is 5.10 Å². The van der Waals surface area contributed by atoms with E-state index in [-0.39, 0.29) is 18.4 Å².